The maximum Gasteiger partial charge on any atom is 0.257 e. The number of aryl methyl sites for hydroxylation is 4. The summed E-state index contributed by atoms with van der Waals surface area (Å²) in [4.78, 5) is 15.5. The third-order valence-electron chi connectivity index (χ3n) is 6.22. The van der Waals surface area contributed by atoms with Crippen molar-refractivity contribution in [1.82, 2.24) is 9.91 Å². The lowest BCUT2D eigenvalue weighted by Gasteiger charge is -2.25. The van der Waals surface area contributed by atoms with Gasteiger partial charge in [0.1, 0.15) is 0 Å². The van der Waals surface area contributed by atoms with E-state index in [0.29, 0.717) is 6.54 Å². The molecular weight excluding hydrogens is 358 g/mol. The fraction of sp³-hybridized carbons (Fsp3) is 0.440. The molecule has 1 saturated heterocycles. The Kier molecular flexibility index (Phi) is 5.55. The van der Waals surface area contributed by atoms with Crippen LogP contribution in [0.25, 0.3) is 0 Å². The molecular formula is C25H31N3O. The molecule has 1 amide bonds. The van der Waals surface area contributed by atoms with Gasteiger partial charge in [0, 0.05) is 12.0 Å². The molecule has 4 nitrogen and oxygen atoms in total. The predicted octanol–water partition coefficient (Wildman–Crippen LogP) is 4.69. The summed E-state index contributed by atoms with van der Waals surface area (Å²) in [6.07, 6.45) is 3.13. The van der Waals surface area contributed by atoms with Gasteiger partial charge in [-0.15, -0.1) is 0 Å². The van der Waals surface area contributed by atoms with Crippen LogP contribution in [0.2, 0.25) is 0 Å². The first kappa shape index (κ1) is 19.8. The molecule has 0 saturated carbocycles. The lowest BCUT2D eigenvalue weighted by Crippen LogP contribution is -2.37. The maximum atomic E-state index is 13.3. The summed E-state index contributed by atoms with van der Waals surface area (Å²) >= 11 is 0. The Balaban J connectivity index is 1.70. The van der Waals surface area contributed by atoms with E-state index in [2.05, 4.69) is 69.0 Å². The predicted molar refractivity (Wildman–Crippen MR) is 118 cm³/mol. The Hall–Kier alpha value is -2.46. The van der Waals surface area contributed by atoms with Gasteiger partial charge in [-0.25, -0.2) is 5.01 Å². The van der Waals surface area contributed by atoms with Crippen molar-refractivity contribution in [3.63, 3.8) is 0 Å². The molecule has 4 rings (SSSR count). The van der Waals surface area contributed by atoms with E-state index >= 15 is 0 Å². The zero-order valence-corrected chi connectivity index (χ0v) is 18.0. The second kappa shape index (κ2) is 8.11. The van der Waals surface area contributed by atoms with Crippen molar-refractivity contribution in [2.24, 2.45) is 5.10 Å². The highest BCUT2D eigenvalue weighted by molar-refractivity contribution is 6.04. The van der Waals surface area contributed by atoms with Crippen LogP contribution < -0.4 is 0 Å². The van der Waals surface area contributed by atoms with Gasteiger partial charge in [0.25, 0.3) is 5.91 Å². The molecule has 152 valence electrons. The molecule has 0 aliphatic carbocycles. The average Bonchev–Trinajstić information content (AvgIpc) is 3.35. The van der Waals surface area contributed by atoms with Crippen molar-refractivity contribution in [1.29, 1.82) is 0 Å². The number of benzene rings is 2. The van der Waals surface area contributed by atoms with Crippen molar-refractivity contribution in [2.75, 3.05) is 19.6 Å². The molecule has 0 N–H and O–H groups in total. The SMILES string of the molecule is Cc1ccc(C)c(C2=NN(C(=O)CN3CCCC3)C(c3cc(C)ccc3C)C2)c1. The summed E-state index contributed by atoms with van der Waals surface area (Å²) in [6, 6.07) is 13.0. The van der Waals surface area contributed by atoms with Crippen LogP contribution in [0.15, 0.2) is 41.5 Å². The summed E-state index contributed by atoms with van der Waals surface area (Å²) in [7, 11) is 0. The molecule has 29 heavy (non-hydrogen) atoms. The Morgan fingerprint density at radius 3 is 2.34 bits per heavy atom. The summed E-state index contributed by atoms with van der Waals surface area (Å²) in [5.41, 5.74) is 8.27. The fourth-order valence-electron chi connectivity index (χ4n) is 4.52. The highest BCUT2D eigenvalue weighted by Gasteiger charge is 2.35. The zero-order chi connectivity index (χ0) is 20.5. The van der Waals surface area contributed by atoms with Crippen molar-refractivity contribution in [3.8, 4) is 0 Å². The molecule has 4 heteroatoms. The van der Waals surface area contributed by atoms with Gasteiger partial charge < -0.3 is 0 Å². The molecule has 0 radical (unpaired) electrons. The van der Waals surface area contributed by atoms with Gasteiger partial charge in [0.2, 0.25) is 0 Å². The summed E-state index contributed by atoms with van der Waals surface area (Å²) < 4.78 is 0. The molecule has 2 aliphatic heterocycles. The summed E-state index contributed by atoms with van der Waals surface area (Å²) in [6.45, 7) is 11.0. The van der Waals surface area contributed by atoms with E-state index in [9.17, 15) is 4.79 Å². The highest BCUT2D eigenvalue weighted by Crippen LogP contribution is 2.36. The molecule has 0 spiro atoms. The van der Waals surface area contributed by atoms with E-state index in [1.54, 1.807) is 5.01 Å². The minimum Gasteiger partial charge on any atom is -0.294 e. The quantitative estimate of drug-likeness (QED) is 0.760. The van der Waals surface area contributed by atoms with Crippen molar-refractivity contribution >= 4 is 11.6 Å². The Morgan fingerprint density at radius 1 is 0.966 bits per heavy atom. The van der Waals surface area contributed by atoms with Crippen LogP contribution in [0.4, 0.5) is 0 Å². The van der Waals surface area contributed by atoms with Crippen LogP contribution >= 0.6 is 0 Å². The third kappa shape index (κ3) is 4.13. The second-order valence-electron chi connectivity index (χ2n) is 8.67. The van der Waals surface area contributed by atoms with Gasteiger partial charge in [-0.1, -0.05) is 41.5 Å². The van der Waals surface area contributed by atoms with Crippen LogP contribution in [-0.2, 0) is 4.79 Å². The standard InChI is InChI=1S/C25H31N3O/c1-17-7-9-19(3)21(13-17)23-15-24(22-14-18(2)8-10-20(22)4)28(26-23)25(29)16-27-11-5-6-12-27/h7-10,13-14,24H,5-6,11-12,15-16H2,1-4H3. The van der Waals surface area contributed by atoms with E-state index in [1.807, 2.05) is 0 Å². The van der Waals surface area contributed by atoms with Crippen molar-refractivity contribution < 1.29 is 4.79 Å². The number of rotatable bonds is 4. The topological polar surface area (TPSA) is 35.9 Å². The van der Waals surface area contributed by atoms with Crippen LogP contribution in [0, 0.1) is 27.7 Å². The van der Waals surface area contributed by atoms with E-state index < -0.39 is 0 Å². The Morgan fingerprint density at radius 2 is 1.62 bits per heavy atom. The number of hydrogen-bond acceptors (Lipinski definition) is 3. The first-order chi connectivity index (χ1) is 13.9. The lowest BCUT2D eigenvalue weighted by molar-refractivity contribution is -0.134. The van der Waals surface area contributed by atoms with Gasteiger partial charge in [-0.2, -0.15) is 5.10 Å². The molecule has 2 aliphatic rings. The molecule has 0 aromatic heterocycles. The smallest absolute Gasteiger partial charge is 0.257 e. The number of carbonyl (C=O) groups excluding carboxylic acids is 1. The average molecular weight is 390 g/mol. The number of nitrogens with zero attached hydrogens (tertiary/aromatic N) is 3. The minimum absolute atomic E-state index is 0.0279. The Bertz CT molecular complexity index is 957. The second-order valence-corrected chi connectivity index (χ2v) is 8.67. The van der Waals surface area contributed by atoms with Crippen LogP contribution in [0.1, 0.15) is 58.7 Å². The molecule has 1 fully saturated rings. The largest absolute Gasteiger partial charge is 0.294 e. The van der Waals surface area contributed by atoms with E-state index in [-0.39, 0.29) is 11.9 Å². The molecule has 2 aromatic carbocycles. The molecule has 1 unspecified atom stereocenters. The summed E-state index contributed by atoms with van der Waals surface area (Å²) in [5, 5.41) is 6.68. The zero-order valence-electron chi connectivity index (χ0n) is 18.0. The van der Waals surface area contributed by atoms with Gasteiger partial charge in [-0.05, 0) is 76.4 Å². The first-order valence-electron chi connectivity index (χ1n) is 10.7. The number of carbonyl (C=O) groups is 1. The van der Waals surface area contributed by atoms with Crippen molar-refractivity contribution in [3.05, 3.63) is 69.8 Å². The normalized spacial score (nSPS) is 19.7. The van der Waals surface area contributed by atoms with Crippen LogP contribution in [0.5, 0.6) is 0 Å². The van der Waals surface area contributed by atoms with Crippen molar-refractivity contribution in [2.45, 2.75) is 53.0 Å². The van der Waals surface area contributed by atoms with E-state index in [1.165, 1.54) is 40.7 Å². The van der Waals surface area contributed by atoms with Gasteiger partial charge in [-0.3, -0.25) is 9.69 Å². The summed E-state index contributed by atoms with van der Waals surface area (Å²) in [5.74, 6) is 0.109. The third-order valence-corrected chi connectivity index (χ3v) is 6.22. The fourth-order valence-corrected chi connectivity index (χ4v) is 4.52. The number of hydrazone groups is 1. The van der Waals surface area contributed by atoms with E-state index in [0.717, 1.165) is 30.8 Å². The first-order valence-corrected chi connectivity index (χ1v) is 10.7. The number of amides is 1. The minimum atomic E-state index is -0.0279. The van der Waals surface area contributed by atoms with Gasteiger partial charge in [0.05, 0.1) is 18.3 Å². The molecule has 1 atom stereocenters. The Labute approximate surface area is 174 Å². The number of likely N-dealkylation sites (tertiary alicyclic amines) is 1. The molecule has 2 aromatic rings. The maximum absolute atomic E-state index is 13.3. The lowest BCUT2D eigenvalue weighted by atomic mass is 9.92. The van der Waals surface area contributed by atoms with Crippen LogP contribution in [-0.4, -0.2) is 41.2 Å². The highest BCUT2D eigenvalue weighted by atomic mass is 16.2. The van der Waals surface area contributed by atoms with Crippen LogP contribution in [0.3, 0.4) is 0 Å². The monoisotopic (exact) mass is 389 g/mol. The van der Waals surface area contributed by atoms with E-state index in [4.69, 9.17) is 5.10 Å². The number of hydrogen-bond donors (Lipinski definition) is 0. The van der Waals surface area contributed by atoms with Gasteiger partial charge in [0.15, 0.2) is 0 Å². The van der Waals surface area contributed by atoms with Gasteiger partial charge >= 0.3 is 0 Å². The molecule has 0 bridgehead atoms. The molecule has 2 heterocycles.